The molecule has 1 aromatic rings. The van der Waals surface area contributed by atoms with Gasteiger partial charge in [0.15, 0.2) is 0 Å². The van der Waals surface area contributed by atoms with Crippen LogP contribution in [0, 0.1) is 0 Å². The van der Waals surface area contributed by atoms with E-state index >= 15 is 0 Å². The van der Waals surface area contributed by atoms with Gasteiger partial charge < -0.3 is 20.1 Å². The van der Waals surface area contributed by atoms with Crippen LogP contribution in [0.2, 0.25) is 0 Å². The van der Waals surface area contributed by atoms with E-state index in [1.165, 1.54) is 0 Å². The van der Waals surface area contributed by atoms with Crippen molar-refractivity contribution in [3.05, 3.63) is 29.8 Å². The summed E-state index contributed by atoms with van der Waals surface area (Å²) < 4.78 is 11.1. The second-order valence-electron chi connectivity index (χ2n) is 5.86. The maximum atomic E-state index is 12.1. The Morgan fingerprint density at radius 3 is 2.96 bits per heavy atom. The van der Waals surface area contributed by atoms with Crippen LogP contribution in [0.3, 0.4) is 0 Å². The second-order valence-corrected chi connectivity index (χ2v) is 5.86. The molecule has 0 radical (unpaired) electrons. The van der Waals surface area contributed by atoms with E-state index in [1.807, 2.05) is 24.3 Å². The van der Waals surface area contributed by atoms with Gasteiger partial charge in [-0.2, -0.15) is 0 Å². The van der Waals surface area contributed by atoms with Crippen LogP contribution in [-0.2, 0) is 20.9 Å². The molecule has 0 bridgehead atoms. The highest BCUT2D eigenvalue weighted by atomic mass is 16.5. The molecule has 1 atom stereocenters. The normalized spacial score (nSPS) is 17.3. The molecular weight excluding hydrogens is 292 g/mol. The standard InChI is InChI=1S/C18H28N2O3/c1-2-3-10-22-11-12-23-14-15-6-4-7-16(13-15)20-18(21)17-8-5-9-19-17/h4,6-7,13,17,19H,2-3,5,8-12,14H2,1H3,(H,20,21). The Hall–Kier alpha value is -1.43. The monoisotopic (exact) mass is 320 g/mol. The zero-order valence-electron chi connectivity index (χ0n) is 14.0. The highest BCUT2D eigenvalue weighted by molar-refractivity contribution is 5.95. The van der Waals surface area contributed by atoms with E-state index < -0.39 is 0 Å². The molecule has 0 saturated carbocycles. The van der Waals surface area contributed by atoms with Gasteiger partial charge in [-0.15, -0.1) is 0 Å². The summed E-state index contributed by atoms with van der Waals surface area (Å²) in [6.07, 6.45) is 4.21. The summed E-state index contributed by atoms with van der Waals surface area (Å²) in [5.74, 6) is 0.0462. The van der Waals surface area contributed by atoms with E-state index in [-0.39, 0.29) is 11.9 Å². The SMILES string of the molecule is CCCCOCCOCc1cccc(NC(=O)C2CCCN2)c1. The maximum Gasteiger partial charge on any atom is 0.241 e. The average Bonchev–Trinajstić information content (AvgIpc) is 3.09. The smallest absolute Gasteiger partial charge is 0.241 e. The first-order valence-electron chi connectivity index (χ1n) is 8.58. The number of benzene rings is 1. The van der Waals surface area contributed by atoms with E-state index in [2.05, 4.69) is 17.6 Å². The van der Waals surface area contributed by atoms with E-state index in [9.17, 15) is 4.79 Å². The Balaban J connectivity index is 1.68. The van der Waals surface area contributed by atoms with Crippen LogP contribution in [0.15, 0.2) is 24.3 Å². The van der Waals surface area contributed by atoms with Gasteiger partial charge in [0, 0.05) is 12.3 Å². The lowest BCUT2D eigenvalue weighted by Gasteiger charge is -2.12. The summed E-state index contributed by atoms with van der Waals surface area (Å²) in [6.45, 7) is 5.62. The quantitative estimate of drug-likeness (QED) is 0.651. The first-order valence-corrected chi connectivity index (χ1v) is 8.58. The molecule has 5 heteroatoms. The van der Waals surface area contributed by atoms with E-state index in [0.717, 1.165) is 50.1 Å². The zero-order valence-corrected chi connectivity index (χ0v) is 14.0. The molecule has 1 aromatic carbocycles. The molecule has 0 aliphatic carbocycles. The summed E-state index contributed by atoms with van der Waals surface area (Å²) in [5.41, 5.74) is 1.87. The lowest BCUT2D eigenvalue weighted by atomic mass is 10.2. The van der Waals surface area contributed by atoms with Gasteiger partial charge in [-0.25, -0.2) is 0 Å². The zero-order chi connectivity index (χ0) is 16.3. The molecule has 1 unspecified atom stereocenters. The molecule has 23 heavy (non-hydrogen) atoms. The highest BCUT2D eigenvalue weighted by Gasteiger charge is 2.21. The molecule has 2 N–H and O–H groups in total. The van der Waals surface area contributed by atoms with Crippen molar-refractivity contribution in [3.8, 4) is 0 Å². The van der Waals surface area contributed by atoms with Gasteiger partial charge in [0.25, 0.3) is 0 Å². The Labute approximate surface area is 138 Å². The minimum Gasteiger partial charge on any atom is -0.379 e. The molecule has 0 aromatic heterocycles. The van der Waals surface area contributed by atoms with Crippen molar-refractivity contribution >= 4 is 11.6 Å². The number of unbranched alkanes of at least 4 members (excludes halogenated alkanes) is 1. The Morgan fingerprint density at radius 2 is 2.17 bits per heavy atom. The van der Waals surface area contributed by atoms with Gasteiger partial charge in [-0.05, 0) is 43.5 Å². The number of amides is 1. The van der Waals surface area contributed by atoms with Crippen LogP contribution in [0.1, 0.15) is 38.2 Å². The molecule has 1 amide bonds. The fraction of sp³-hybridized carbons (Fsp3) is 0.611. The average molecular weight is 320 g/mol. The second kappa shape index (κ2) is 10.4. The predicted octanol–water partition coefficient (Wildman–Crippen LogP) is 2.71. The van der Waals surface area contributed by atoms with E-state index in [4.69, 9.17) is 9.47 Å². The van der Waals surface area contributed by atoms with Gasteiger partial charge in [0.05, 0.1) is 25.9 Å². The van der Waals surface area contributed by atoms with Crippen molar-refractivity contribution < 1.29 is 14.3 Å². The van der Waals surface area contributed by atoms with E-state index in [1.54, 1.807) is 0 Å². The Morgan fingerprint density at radius 1 is 1.30 bits per heavy atom. The summed E-state index contributed by atoms with van der Waals surface area (Å²) in [4.78, 5) is 12.1. The number of hydrogen-bond donors (Lipinski definition) is 2. The minimum absolute atomic E-state index is 0.0462. The highest BCUT2D eigenvalue weighted by Crippen LogP contribution is 2.14. The van der Waals surface area contributed by atoms with Gasteiger partial charge in [0.1, 0.15) is 0 Å². The largest absolute Gasteiger partial charge is 0.379 e. The summed E-state index contributed by atoms with van der Waals surface area (Å²) in [7, 11) is 0. The number of nitrogens with one attached hydrogen (secondary N) is 2. The fourth-order valence-corrected chi connectivity index (χ4v) is 2.53. The molecule has 128 valence electrons. The summed E-state index contributed by atoms with van der Waals surface area (Å²) >= 11 is 0. The van der Waals surface area contributed by atoms with Gasteiger partial charge in [-0.3, -0.25) is 4.79 Å². The topological polar surface area (TPSA) is 59.6 Å². The molecule has 2 rings (SSSR count). The Bertz CT molecular complexity index is 473. The molecule has 1 saturated heterocycles. The van der Waals surface area contributed by atoms with Gasteiger partial charge >= 0.3 is 0 Å². The summed E-state index contributed by atoms with van der Waals surface area (Å²) in [5, 5.41) is 6.17. The number of carbonyl (C=O) groups excluding carboxylic acids is 1. The first-order chi connectivity index (χ1) is 11.3. The number of carbonyl (C=O) groups is 1. The van der Waals surface area contributed by atoms with Gasteiger partial charge in [-0.1, -0.05) is 25.5 Å². The van der Waals surface area contributed by atoms with Crippen molar-refractivity contribution in [1.29, 1.82) is 0 Å². The van der Waals surface area contributed by atoms with Crippen molar-refractivity contribution in [2.45, 2.75) is 45.3 Å². The molecule has 1 aliphatic rings. The third-order valence-electron chi connectivity index (χ3n) is 3.85. The Kier molecular flexibility index (Phi) is 8.07. The van der Waals surface area contributed by atoms with Crippen LogP contribution >= 0.6 is 0 Å². The molecule has 1 aliphatic heterocycles. The van der Waals surface area contributed by atoms with E-state index in [0.29, 0.717) is 19.8 Å². The van der Waals surface area contributed by atoms with Crippen molar-refractivity contribution in [2.24, 2.45) is 0 Å². The summed E-state index contributed by atoms with van der Waals surface area (Å²) in [6, 6.07) is 7.75. The number of anilines is 1. The van der Waals surface area contributed by atoms with Crippen molar-refractivity contribution in [3.63, 3.8) is 0 Å². The number of ether oxygens (including phenoxy) is 2. The molecule has 1 fully saturated rings. The molecule has 0 spiro atoms. The first kappa shape index (κ1) is 17.9. The molecule has 5 nitrogen and oxygen atoms in total. The van der Waals surface area contributed by atoms with Crippen LogP contribution < -0.4 is 10.6 Å². The minimum atomic E-state index is -0.0600. The van der Waals surface area contributed by atoms with Crippen LogP contribution in [0.25, 0.3) is 0 Å². The fourth-order valence-electron chi connectivity index (χ4n) is 2.53. The van der Waals surface area contributed by atoms with Crippen molar-refractivity contribution in [1.82, 2.24) is 5.32 Å². The number of hydrogen-bond acceptors (Lipinski definition) is 4. The third kappa shape index (κ3) is 6.69. The third-order valence-corrected chi connectivity index (χ3v) is 3.85. The van der Waals surface area contributed by atoms with Crippen LogP contribution in [0.4, 0.5) is 5.69 Å². The van der Waals surface area contributed by atoms with Crippen LogP contribution in [-0.4, -0.2) is 38.3 Å². The van der Waals surface area contributed by atoms with Crippen LogP contribution in [0.5, 0.6) is 0 Å². The lowest BCUT2D eigenvalue weighted by molar-refractivity contribution is -0.117. The predicted molar refractivity (Wildman–Crippen MR) is 91.5 cm³/mol. The van der Waals surface area contributed by atoms with Crippen molar-refractivity contribution in [2.75, 3.05) is 31.7 Å². The maximum absolute atomic E-state index is 12.1. The van der Waals surface area contributed by atoms with Gasteiger partial charge in [0.2, 0.25) is 5.91 Å². The molecular formula is C18H28N2O3. The molecule has 1 heterocycles. The lowest BCUT2D eigenvalue weighted by Crippen LogP contribution is -2.35. The number of rotatable bonds is 10.